The van der Waals surface area contributed by atoms with Crippen LogP contribution in [0, 0.1) is 6.92 Å². The van der Waals surface area contributed by atoms with Gasteiger partial charge in [0.2, 0.25) is 0 Å². The Bertz CT molecular complexity index is 1240. The fourth-order valence-corrected chi connectivity index (χ4v) is 5.10. The minimum Gasteiger partial charge on any atom is -0.564 e. The zero-order valence-electron chi connectivity index (χ0n) is 21.0. The second kappa shape index (κ2) is 13.1. The van der Waals surface area contributed by atoms with E-state index in [2.05, 4.69) is 5.32 Å². The zero-order chi connectivity index (χ0) is 26.0. The molecule has 6 heteroatoms. The number of carbonyl (C=O) groups excluding carboxylic acids is 1. The van der Waals surface area contributed by atoms with Gasteiger partial charge in [0.05, 0.1) is 18.7 Å². The first-order valence-electron chi connectivity index (χ1n) is 12.3. The predicted octanol–water partition coefficient (Wildman–Crippen LogP) is 6.44. The topological polar surface area (TPSA) is 69.5 Å². The van der Waals surface area contributed by atoms with Gasteiger partial charge in [-0.05, 0) is 48.1 Å². The quantitative estimate of drug-likeness (QED) is 0.235. The van der Waals surface area contributed by atoms with Crippen molar-refractivity contribution in [3.8, 4) is 0 Å². The maximum Gasteiger partial charge on any atom is 0.321 e. The largest absolute Gasteiger partial charge is 0.564 e. The number of hydrogen-bond donors (Lipinski definition) is 1. The minimum atomic E-state index is -1.69. The van der Waals surface area contributed by atoms with Gasteiger partial charge in [-0.2, -0.15) is 0 Å². The maximum atomic E-state index is 13.5. The van der Waals surface area contributed by atoms with E-state index in [1.165, 1.54) is 0 Å². The molecule has 0 heterocycles. The van der Waals surface area contributed by atoms with Gasteiger partial charge in [-0.25, -0.2) is 0 Å². The lowest BCUT2D eigenvalue weighted by Gasteiger charge is -2.39. The molecule has 0 saturated carbocycles. The Morgan fingerprint density at radius 2 is 1.27 bits per heavy atom. The van der Waals surface area contributed by atoms with Crippen LogP contribution in [-0.2, 0) is 20.5 Å². The summed E-state index contributed by atoms with van der Waals surface area (Å²) in [4.78, 5) is 14.1. The van der Waals surface area contributed by atoms with Gasteiger partial charge in [-0.3, -0.25) is 14.3 Å². The van der Waals surface area contributed by atoms with Crippen LogP contribution in [0.4, 0.5) is 0 Å². The van der Waals surface area contributed by atoms with Crippen molar-refractivity contribution < 1.29 is 13.7 Å². The monoisotopic (exact) mass is 511 g/mol. The molecule has 0 bridgehead atoms. The first-order chi connectivity index (χ1) is 18.1. The van der Waals surface area contributed by atoms with Crippen LogP contribution in [-0.4, -0.2) is 22.8 Å². The molecule has 0 saturated heterocycles. The van der Waals surface area contributed by atoms with E-state index in [4.69, 9.17) is 9.46 Å². The molecule has 0 aliphatic rings. The van der Waals surface area contributed by atoms with E-state index in [0.717, 1.165) is 22.3 Å². The first kappa shape index (κ1) is 26.5. The van der Waals surface area contributed by atoms with Gasteiger partial charge in [0.1, 0.15) is 0 Å². The number of esters is 1. The highest BCUT2D eigenvalue weighted by Crippen LogP contribution is 2.33. The van der Waals surface area contributed by atoms with E-state index >= 15 is 0 Å². The molecular weight excluding hydrogens is 480 g/mol. The summed E-state index contributed by atoms with van der Waals surface area (Å²) in [6.45, 7) is 3.98. The van der Waals surface area contributed by atoms with Crippen LogP contribution in [0.5, 0.6) is 0 Å². The van der Waals surface area contributed by atoms with Gasteiger partial charge < -0.3 is 9.46 Å². The molecule has 190 valence electrons. The normalized spacial score (nSPS) is 13.6. The van der Waals surface area contributed by atoms with E-state index in [9.17, 15) is 9.00 Å². The maximum absolute atomic E-state index is 13.5. The summed E-state index contributed by atoms with van der Waals surface area (Å²) in [5.74, 6) is -0.446. The smallest absolute Gasteiger partial charge is 0.321 e. The Labute approximate surface area is 221 Å². The summed E-state index contributed by atoms with van der Waals surface area (Å²) in [5.41, 5.74) is 3.83. The molecule has 4 aromatic rings. The summed E-state index contributed by atoms with van der Waals surface area (Å²) in [6, 6.07) is 34.8. The molecule has 5 nitrogen and oxygen atoms in total. The third kappa shape index (κ3) is 7.01. The molecule has 0 radical (unpaired) electrons. The number of carbonyl (C=O) groups is 1. The average molecular weight is 512 g/mol. The number of rotatable bonds is 11. The average Bonchev–Trinajstić information content (AvgIpc) is 2.94. The minimum absolute atomic E-state index is 0.223. The second-order valence-corrected chi connectivity index (χ2v) is 9.85. The molecule has 1 unspecified atom stereocenters. The third-order valence-electron chi connectivity index (χ3n) is 6.04. The number of benzene rings is 4. The number of aryl methyl sites for hydroxylation is 1. The summed E-state index contributed by atoms with van der Waals surface area (Å²) < 4.78 is 23.6. The zero-order valence-corrected chi connectivity index (χ0v) is 21.8. The molecule has 4 aromatic carbocycles. The van der Waals surface area contributed by atoms with Gasteiger partial charge in [0.15, 0.2) is 0 Å². The van der Waals surface area contributed by atoms with Crippen LogP contribution in [0.2, 0.25) is 0 Å². The molecule has 0 fully saturated rings. The number of nitrogens with zero attached hydrogens (tertiary/aromatic N) is 1. The van der Waals surface area contributed by atoms with Crippen LogP contribution >= 0.6 is 0 Å². The molecular formula is C31H31N2O3S-. The molecule has 0 amide bonds. The fraction of sp³-hybridized carbons (Fsp3) is 0.194. The summed E-state index contributed by atoms with van der Waals surface area (Å²) in [7, 11) is -1.69. The lowest BCUT2D eigenvalue weighted by molar-refractivity contribution is -0.146. The number of ether oxygens (including phenoxy) is 1. The van der Waals surface area contributed by atoms with Crippen molar-refractivity contribution in [2.24, 2.45) is 0 Å². The SMILES string of the molecule is CCOC(=O)[C@@H](NC(c1ccccc1)c1ccccc1)[C@@H]([N-]S(=O)c1ccc(C)cc1)c1ccccc1. The lowest BCUT2D eigenvalue weighted by Crippen LogP contribution is -2.45. The van der Waals surface area contributed by atoms with E-state index in [1.54, 1.807) is 19.1 Å². The molecule has 1 N–H and O–H groups in total. The van der Waals surface area contributed by atoms with Crippen LogP contribution < -0.4 is 5.32 Å². The highest BCUT2D eigenvalue weighted by molar-refractivity contribution is 7.87. The Balaban J connectivity index is 1.75. The second-order valence-electron chi connectivity index (χ2n) is 8.67. The highest BCUT2D eigenvalue weighted by Gasteiger charge is 2.29. The molecule has 0 spiro atoms. The number of nitrogens with one attached hydrogen (secondary N) is 1. The summed E-state index contributed by atoms with van der Waals surface area (Å²) >= 11 is 0. The van der Waals surface area contributed by atoms with Gasteiger partial charge in [0.25, 0.3) is 0 Å². The highest BCUT2D eigenvalue weighted by atomic mass is 32.2. The van der Waals surface area contributed by atoms with E-state index < -0.39 is 29.0 Å². The van der Waals surface area contributed by atoms with E-state index in [-0.39, 0.29) is 12.6 Å². The Morgan fingerprint density at radius 1 is 0.784 bits per heavy atom. The first-order valence-corrected chi connectivity index (χ1v) is 13.4. The Kier molecular flexibility index (Phi) is 9.38. The summed E-state index contributed by atoms with van der Waals surface area (Å²) in [6.07, 6.45) is 0. The van der Waals surface area contributed by atoms with Crippen molar-refractivity contribution >= 4 is 17.0 Å². The van der Waals surface area contributed by atoms with Crippen molar-refractivity contribution in [3.05, 3.63) is 142 Å². The standard InChI is InChI=1S/C31H31N2O3S/c1-3-36-31(34)30(32-28(24-13-7-4-8-14-24)25-15-9-5-10-16-25)29(26-17-11-6-12-18-26)33-37(35)27-21-19-23(2)20-22-27/h4-22,28-30,32H,3H2,1-2H3/q-1/t29-,30-,37?/m0/s1. The number of hydrogen-bond acceptors (Lipinski definition) is 4. The molecule has 0 aliphatic carbocycles. The van der Waals surface area contributed by atoms with Gasteiger partial charge >= 0.3 is 5.97 Å². The van der Waals surface area contributed by atoms with E-state index in [1.807, 2.05) is 110 Å². The van der Waals surface area contributed by atoms with Crippen LogP contribution in [0.15, 0.2) is 120 Å². The van der Waals surface area contributed by atoms with Gasteiger partial charge in [-0.15, -0.1) is 0 Å². The molecule has 3 atom stereocenters. The fourth-order valence-electron chi connectivity index (χ4n) is 4.16. The van der Waals surface area contributed by atoms with E-state index in [0.29, 0.717) is 4.90 Å². The van der Waals surface area contributed by atoms with Crippen LogP contribution in [0.1, 0.15) is 41.3 Å². The van der Waals surface area contributed by atoms with Crippen molar-refractivity contribution in [2.45, 2.75) is 36.9 Å². The summed E-state index contributed by atoms with van der Waals surface area (Å²) in [5, 5.41) is 3.53. The van der Waals surface area contributed by atoms with Crippen LogP contribution in [0.25, 0.3) is 4.72 Å². The Hall–Kier alpha value is -3.58. The van der Waals surface area contributed by atoms with Gasteiger partial charge in [-0.1, -0.05) is 120 Å². The van der Waals surface area contributed by atoms with Crippen molar-refractivity contribution in [1.82, 2.24) is 5.32 Å². The molecule has 4 rings (SSSR count). The predicted molar refractivity (Wildman–Crippen MR) is 148 cm³/mol. The van der Waals surface area contributed by atoms with Crippen molar-refractivity contribution in [3.63, 3.8) is 0 Å². The van der Waals surface area contributed by atoms with Crippen molar-refractivity contribution in [1.29, 1.82) is 0 Å². The third-order valence-corrected chi connectivity index (χ3v) is 7.14. The van der Waals surface area contributed by atoms with Crippen LogP contribution in [0.3, 0.4) is 0 Å². The molecule has 0 aliphatic heterocycles. The molecule has 37 heavy (non-hydrogen) atoms. The molecule has 0 aromatic heterocycles. The Morgan fingerprint density at radius 3 is 1.76 bits per heavy atom. The lowest BCUT2D eigenvalue weighted by atomic mass is 9.94. The van der Waals surface area contributed by atoms with Crippen molar-refractivity contribution in [2.75, 3.05) is 6.61 Å². The van der Waals surface area contributed by atoms with Gasteiger partial charge in [0, 0.05) is 4.90 Å².